The lowest BCUT2D eigenvalue weighted by Gasteiger charge is -2.31. The summed E-state index contributed by atoms with van der Waals surface area (Å²) in [6, 6.07) is 2.03. The minimum atomic E-state index is -0.479. The molecule has 0 saturated carbocycles. The zero-order chi connectivity index (χ0) is 12.4. The van der Waals surface area contributed by atoms with Crippen molar-refractivity contribution in [2.45, 2.75) is 18.6 Å². The van der Waals surface area contributed by atoms with Gasteiger partial charge in [0.05, 0.1) is 11.7 Å². The molecule has 1 saturated heterocycles. The molecule has 0 radical (unpaired) electrons. The molecule has 2 unspecified atom stereocenters. The number of hydrogen-bond acceptors (Lipinski definition) is 4. The molecule has 1 aliphatic heterocycles. The van der Waals surface area contributed by atoms with Crippen LogP contribution in [-0.2, 0) is 7.05 Å². The second-order valence-corrected chi connectivity index (χ2v) is 4.99. The van der Waals surface area contributed by atoms with E-state index in [4.69, 9.17) is 0 Å². The monoisotopic (exact) mass is 238 g/mol. The molecule has 0 spiro atoms. The summed E-state index contributed by atoms with van der Waals surface area (Å²) in [6.45, 7) is 3.02. The molecule has 0 aromatic carbocycles. The highest BCUT2D eigenvalue weighted by Gasteiger charge is 2.29. The molecule has 17 heavy (non-hydrogen) atoms. The fraction of sp³-hybridized carbons (Fsp3) is 0.750. The van der Waals surface area contributed by atoms with Gasteiger partial charge in [0.15, 0.2) is 0 Å². The highest BCUT2D eigenvalue weighted by Crippen LogP contribution is 2.22. The van der Waals surface area contributed by atoms with E-state index < -0.39 is 6.10 Å². The van der Waals surface area contributed by atoms with Gasteiger partial charge >= 0.3 is 0 Å². The Morgan fingerprint density at radius 3 is 2.76 bits per heavy atom. The molecule has 0 aliphatic carbocycles. The lowest BCUT2D eigenvalue weighted by Crippen LogP contribution is -2.42. The van der Waals surface area contributed by atoms with Gasteiger partial charge < -0.3 is 10.0 Å². The molecule has 1 aromatic rings. The van der Waals surface area contributed by atoms with E-state index in [1.807, 2.05) is 13.1 Å². The molecule has 2 atom stereocenters. The van der Waals surface area contributed by atoms with Crippen LogP contribution in [0.4, 0.5) is 0 Å². The zero-order valence-corrected chi connectivity index (χ0v) is 10.9. The number of aliphatic hydroxyl groups excluding tert-OH is 1. The third-order valence-corrected chi connectivity index (χ3v) is 3.64. The second-order valence-electron chi connectivity index (χ2n) is 4.99. The van der Waals surface area contributed by atoms with E-state index in [-0.39, 0.29) is 6.04 Å². The maximum Gasteiger partial charge on any atom is 0.112 e. The standard InChI is InChI=1S/C12H22N4O/c1-14-7-4-8-15(2)11(9-14)12(17)10-5-6-13-16(10)3/h5-6,11-12,17H,4,7-9H2,1-3H3. The van der Waals surface area contributed by atoms with Crippen molar-refractivity contribution in [2.75, 3.05) is 33.7 Å². The van der Waals surface area contributed by atoms with Crippen LogP contribution in [0.1, 0.15) is 18.2 Å². The van der Waals surface area contributed by atoms with E-state index in [1.54, 1.807) is 10.9 Å². The average Bonchev–Trinajstić information content (AvgIpc) is 2.63. The first-order chi connectivity index (χ1) is 8.09. The minimum absolute atomic E-state index is 0.137. The van der Waals surface area contributed by atoms with Crippen LogP contribution >= 0.6 is 0 Å². The van der Waals surface area contributed by atoms with Gasteiger partial charge in [-0.15, -0.1) is 0 Å². The summed E-state index contributed by atoms with van der Waals surface area (Å²) >= 11 is 0. The van der Waals surface area contributed by atoms with E-state index in [9.17, 15) is 5.11 Å². The number of rotatable bonds is 2. The average molecular weight is 238 g/mol. The Balaban J connectivity index is 2.16. The molecule has 1 aromatic heterocycles. The Morgan fingerprint density at radius 1 is 1.35 bits per heavy atom. The topological polar surface area (TPSA) is 44.5 Å². The van der Waals surface area contributed by atoms with Gasteiger partial charge in [-0.2, -0.15) is 5.10 Å². The van der Waals surface area contributed by atoms with Crippen molar-refractivity contribution in [1.82, 2.24) is 19.6 Å². The van der Waals surface area contributed by atoms with Crippen molar-refractivity contribution in [2.24, 2.45) is 7.05 Å². The van der Waals surface area contributed by atoms with E-state index in [0.29, 0.717) is 0 Å². The number of aliphatic hydroxyl groups is 1. The van der Waals surface area contributed by atoms with Gasteiger partial charge in [0.1, 0.15) is 6.10 Å². The van der Waals surface area contributed by atoms with E-state index >= 15 is 0 Å². The molecule has 1 N–H and O–H groups in total. The smallest absolute Gasteiger partial charge is 0.112 e. The molecule has 1 aliphatic rings. The van der Waals surface area contributed by atoms with Crippen LogP contribution in [-0.4, -0.2) is 64.5 Å². The highest BCUT2D eigenvalue weighted by atomic mass is 16.3. The Morgan fingerprint density at radius 2 is 2.12 bits per heavy atom. The first kappa shape index (κ1) is 12.5. The quantitative estimate of drug-likeness (QED) is 0.793. The number of nitrogens with zero attached hydrogens (tertiary/aromatic N) is 4. The van der Waals surface area contributed by atoms with Crippen LogP contribution < -0.4 is 0 Å². The van der Waals surface area contributed by atoms with Crippen LogP contribution in [0, 0.1) is 0 Å². The van der Waals surface area contributed by atoms with Crippen LogP contribution in [0.3, 0.4) is 0 Å². The lowest BCUT2D eigenvalue weighted by molar-refractivity contribution is 0.0517. The third kappa shape index (κ3) is 2.68. The normalized spacial score (nSPS) is 25.8. The third-order valence-electron chi connectivity index (χ3n) is 3.64. The van der Waals surface area contributed by atoms with E-state index in [1.165, 1.54) is 0 Å². The fourth-order valence-electron chi connectivity index (χ4n) is 2.52. The van der Waals surface area contributed by atoms with Crippen molar-refractivity contribution in [3.8, 4) is 0 Å². The van der Waals surface area contributed by atoms with Crippen molar-refractivity contribution >= 4 is 0 Å². The van der Waals surface area contributed by atoms with Crippen LogP contribution in [0.5, 0.6) is 0 Å². The predicted molar refractivity (Wildman–Crippen MR) is 66.7 cm³/mol. The SMILES string of the molecule is CN1CCCN(C)C(C(O)c2ccnn2C)C1. The molecule has 0 bridgehead atoms. The summed E-state index contributed by atoms with van der Waals surface area (Å²) in [5.74, 6) is 0. The Kier molecular flexibility index (Phi) is 3.81. The number of aromatic nitrogens is 2. The largest absolute Gasteiger partial charge is 0.385 e. The molecule has 2 heterocycles. The van der Waals surface area contributed by atoms with Gasteiger partial charge in [-0.25, -0.2) is 0 Å². The summed E-state index contributed by atoms with van der Waals surface area (Å²) in [6.07, 6.45) is 2.41. The van der Waals surface area contributed by atoms with Gasteiger partial charge in [0.2, 0.25) is 0 Å². The second kappa shape index (κ2) is 5.16. The van der Waals surface area contributed by atoms with Crippen molar-refractivity contribution in [1.29, 1.82) is 0 Å². The van der Waals surface area contributed by atoms with E-state index in [2.05, 4.69) is 29.0 Å². The minimum Gasteiger partial charge on any atom is -0.385 e. The van der Waals surface area contributed by atoms with Crippen molar-refractivity contribution < 1.29 is 5.11 Å². The zero-order valence-electron chi connectivity index (χ0n) is 10.9. The van der Waals surface area contributed by atoms with E-state index in [0.717, 1.165) is 31.7 Å². The molecule has 2 rings (SSSR count). The first-order valence-corrected chi connectivity index (χ1v) is 6.14. The van der Waals surface area contributed by atoms with Crippen molar-refractivity contribution in [3.05, 3.63) is 18.0 Å². The summed E-state index contributed by atoms with van der Waals surface area (Å²) in [5.41, 5.74) is 0.886. The number of hydrogen-bond donors (Lipinski definition) is 1. The van der Waals surface area contributed by atoms with Crippen LogP contribution in [0.15, 0.2) is 12.3 Å². The number of aryl methyl sites for hydroxylation is 1. The van der Waals surface area contributed by atoms with Gasteiger partial charge in [-0.3, -0.25) is 9.58 Å². The maximum atomic E-state index is 10.5. The van der Waals surface area contributed by atoms with Gasteiger partial charge in [-0.05, 0) is 39.7 Å². The molecule has 5 nitrogen and oxygen atoms in total. The summed E-state index contributed by atoms with van der Waals surface area (Å²) in [7, 11) is 6.07. The Bertz CT molecular complexity index is 365. The highest BCUT2D eigenvalue weighted by molar-refractivity contribution is 5.07. The molecule has 0 amide bonds. The molecule has 1 fully saturated rings. The maximum absolute atomic E-state index is 10.5. The first-order valence-electron chi connectivity index (χ1n) is 6.14. The lowest BCUT2D eigenvalue weighted by atomic mass is 10.1. The molecule has 5 heteroatoms. The molecule has 96 valence electrons. The summed E-state index contributed by atoms with van der Waals surface area (Å²) in [5, 5.41) is 14.6. The summed E-state index contributed by atoms with van der Waals surface area (Å²) < 4.78 is 1.75. The Labute approximate surface area is 103 Å². The van der Waals surface area contributed by atoms with Gasteiger partial charge in [0.25, 0.3) is 0 Å². The number of likely N-dealkylation sites (N-methyl/N-ethyl adjacent to an activating group) is 2. The molecular weight excluding hydrogens is 216 g/mol. The fourth-order valence-corrected chi connectivity index (χ4v) is 2.52. The predicted octanol–water partition coefficient (Wildman–Crippen LogP) is 0.0894. The van der Waals surface area contributed by atoms with Crippen molar-refractivity contribution in [3.63, 3.8) is 0 Å². The molecular formula is C12H22N4O. The van der Waals surface area contributed by atoms with Gasteiger partial charge in [-0.1, -0.05) is 0 Å². The van der Waals surface area contributed by atoms with Crippen LogP contribution in [0.2, 0.25) is 0 Å². The Hall–Kier alpha value is -0.910. The van der Waals surface area contributed by atoms with Crippen LogP contribution in [0.25, 0.3) is 0 Å². The summed E-state index contributed by atoms with van der Waals surface area (Å²) in [4.78, 5) is 4.54. The van der Waals surface area contributed by atoms with Gasteiger partial charge in [0, 0.05) is 19.8 Å².